The number of hydrazone groups is 1. The summed E-state index contributed by atoms with van der Waals surface area (Å²) < 4.78 is 32.2. The lowest BCUT2D eigenvalue weighted by atomic mass is 10.3. The normalized spacial score (nSPS) is 11.9. The fourth-order valence-corrected chi connectivity index (χ4v) is 4.59. The minimum absolute atomic E-state index is 0.0641. The molecule has 9 heteroatoms. The van der Waals surface area contributed by atoms with Crippen LogP contribution in [0.5, 0.6) is 0 Å². The van der Waals surface area contributed by atoms with E-state index in [1.807, 2.05) is 18.4 Å². The molecule has 0 saturated heterocycles. The highest BCUT2D eigenvalue weighted by molar-refractivity contribution is 7.89. The Hall–Kier alpha value is -2.75. The van der Waals surface area contributed by atoms with Crippen LogP contribution in [-0.2, 0) is 21.4 Å². The van der Waals surface area contributed by atoms with Gasteiger partial charge in [0.25, 0.3) is 5.91 Å². The van der Waals surface area contributed by atoms with Crippen molar-refractivity contribution in [1.82, 2.24) is 9.73 Å². The van der Waals surface area contributed by atoms with Crippen LogP contribution in [0.15, 0.2) is 74.6 Å². The van der Waals surface area contributed by atoms with E-state index in [1.165, 1.54) is 29.7 Å². The topological polar surface area (TPSA) is 92.0 Å². The van der Waals surface area contributed by atoms with Crippen molar-refractivity contribution in [3.8, 4) is 0 Å². The molecule has 3 aromatic rings. The molecule has 1 N–H and O–H groups in total. The second kappa shape index (κ2) is 8.96. The third-order valence-corrected chi connectivity index (χ3v) is 6.65. The van der Waals surface area contributed by atoms with Crippen LogP contribution in [0.25, 0.3) is 0 Å². The van der Waals surface area contributed by atoms with Gasteiger partial charge in [-0.1, -0.05) is 18.2 Å². The van der Waals surface area contributed by atoms with Gasteiger partial charge >= 0.3 is 0 Å². The highest BCUT2D eigenvalue weighted by Crippen LogP contribution is 2.18. The van der Waals surface area contributed by atoms with E-state index < -0.39 is 22.5 Å². The van der Waals surface area contributed by atoms with Crippen molar-refractivity contribution in [2.24, 2.45) is 5.10 Å². The summed E-state index contributed by atoms with van der Waals surface area (Å²) in [4.78, 5) is 13.3. The fraction of sp³-hybridized carbons (Fsp3) is 0.158. The maximum atomic E-state index is 13.0. The molecule has 1 aromatic carbocycles. The minimum Gasteiger partial charge on any atom is -0.468 e. The number of carbonyl (C=O) groups is 1. The number of nitrogens with zero attached hydrogens (tertiary/aromatic N) is 2. The predicted octanol–water partition coefficient (Wildman–Crippen LogP) is 2.99. The molecular weight excluding hydrogens is 398 g/mol. The van der Waals surface area contributed by atoms with Gasteiger partial charge in [-0.05, 0) is 48.2 Å². The maximum Gasteiger partial charge on any atom is 0.255 e. The minimum atomic E-state index is -3.88. The monoisotopic (exact) mass is 417 g/mol. The van der Waals surface area contributed by atoms with E-state index in [2.05, 4.69) is 10.5 Å². The molecule has 0 unspecified atom stereocenters. The van der Waals surface area contributed by atoms with Gasteiger partial charge in [0.1, 0.15) is 5.76 Å². The summed E-state index contributed by atoms with van der Waals surface area (Å²) in [6.45, 7) is 1.49. The van der Waals surface area contributed by atoms with Gasteiger partial charge in [-0.15, -0.1) is 11.3 Å². The lowest BCUT2D eigenvalue weighted by Crippen LogP contribution is -2.38. The molecule has 0 spiro atoms. The highest BCUT2D eigenvalue weighted by atomic mass is 32.2. The van der Waals surface area contributed by atoms with Gasteiger partial charge in [0, 0.05) is 4.88 Å². The average Bonchev–Trinajstić information content (AvgIpc) is 3.34. The fourth-order valence-electron chi connectivity index (χ4n) is 2.42. The van der Waals surface area contributed by atoms with E-state index in [0.717, 1.165) is 14.7 Å². The van der Waals surface area contributed by atoms with Crippen LogP contribution in [0.3, 0.4) is 0 Å². The van der Waals surface area contributed by atoms with Crippen molar-refractivity contribution in [2.45, 2.75) is 18.4 Å². The molecular formula is C19H19N3O4S2. The Morgan fingerprint density at radius 3 is 2.64 bits per heavy atom. The number of carbonyl (C=O) groups excluding carboxylic acids is 1. The molecule has 0 atom stereocenters. The summed E-state index contributed by atoms with van der Waals surface area (Å²) in [6, 6.07) is 13.2. The van der Waals surface area contributed by atoms with Crippen LogP contribution in [0.4, 0.5) is 0 Å². The molecule has 2 aromatic heterocycles. The summed E-state index contributed by atoms with van der Waals surface area (Å²) in [7, 11) is -3.88. The molecule has 0 fully saturated rings. The predicted molar refractivity (Wildman–Crippen MR) is 108 cm³/mol. The Balaban J connectivity index is 1.74. The first-order valence-electron chi connectivity index (χ1n) is 8.40. The quantitative estimate of drug-likeness (QED) is 0.450. The van der Waals surface area contributed by atoms with E-state index in [4.69, 9.17) is 4.42 Å². The Morgan fingerprint density at radius 1 is 1.21 bits per heavy atom. The van der Waals surface area contributed by atoms with Crippen molar-refractivity contribution in [3.05, 3.63) is 76.4 Å². The number of rotatable bonds is 8. The SMILES string of the molecule is Cc1ccsc1/C=N\NC(=O)CN(Cc1ccco1)S(=O)(=O)c1ccccc1. The number of furan rings is 1. The van der Waals surface area contributed by atoms with Crippen molar-refractivity contribution in [1.29, 1.82) is 0 Å². The first-order chi connectivity index (χ1) is 13.5. The van der Waals surface area contributed by atoms with Gasteiger partial charge in [-0.2, -0.15) is 9.41 Å². The van der Waals surface area contributed by atoms with Gasteiger partial charge < -0.3 is 4.42 Å². The Morgan fingerprint density at radius 2 is 2.00 bits per heavy atom. The molecule has 0 saturated carbocycles. The van der Waals surface area contributed by atoms with Crippen LogP contribution in [0.2, 0.25) is 0 Å². The van der Waals surface area contributed by atoms with Crippen molar-refractivity contribution >= 4 is 33.5 Å². The van der Waals surface area contributed by atoms with Gasteiger partial charge in [0.15, 0.2) is 0 Å². The molecule has 0 radical (unpaired) electrons. The van der Waals surface area contributed by atoms with E-state index in [-0.39, 0.29) is 11.4 Å². The second-order valence-electron chi connectivity index (χ2n) is 5.93. The number of amides is 1. The summed E-state index contributed by atoms with van der Waals surface area (Å²) >= 11 is 1.50. The molecule has 0 bridgehead atoms. The summed E-state index contributed by atoms with van der Waals surface area (Å²) in [5.41, 5.74) is 3.43. The number of hydrogen-bond acceptors (Lipinski definition) is 6. The van der Waals surface area contributed by atoms with E-state index >= 15 is 0 Å². The van der Waals surface area contributed by atoms with E-state index in [0.29, 0.717) is 5.76 Å². The first kappa shape index (κ1) is 20.0. The highest BCUT2D eigenvalue weighted by Gasteiger charge is 2.27. The number of aryl methyl sites for hydroxylation is 1. The van der Waals surface area contributed by atoms with Crippen LogP contribution in [0, 0.1) is 6.92 Å². The zero-order valence-electron chi connectivity index (χ0n) is 15.1. The van der Waals surface area contributed by atoms with E-state index in [1.54, 1.807) is 36.5 Å². The van der Waals surface area contributed by atoms with Crippen molar-refractivity contribution in [3.63, 3.8) is 0 Å². The maximum absolute atomic E-state index is 13.0. The lowest BCUT2D eigenvalue weighted by Gasteiger charge is -2.20. The summed E-state index contributed by atoms with van der Waals surface area (Å²) in [5, 5.41) is 5.85. The number of benzene rings is 1. The summed E-state index contributed by atoms with van der Waals surface area (Å²) in [5.74, 6) is -0.110. The molecule has 1 amide bonds. The van der Waals surface area contributed by atoms with Crippen LogP contribution in [-0.4, -0.2) is 31.4 Å². The molecule has 7 nitrogen and oxygen atoms in total. The van der Waals surface area contributed by atoms with Crippen LogP contribution >= 0.6 is 11.3 Å². The van der Waals surface area contributed by atoms with Crippen LogP contribution in [0.1, 0.15) is 16.2 Å². The number of thiophene rings is 1. The second-order valence-corrected chi connectivity index (χ2v) is 8.81. The van der Waals surface area contributed by atoms with Gasteiger partial charge in [0.2, 0.25) is 10.0 Å². The average molecular weight is 418 g/mol. The van der Waals surface area contributed by atoms with Crippen molar-refractivity contribution in [2.75, 3.05) is 6.54 Å². The Kier molecular flexibility index (Phi) is 6.40. The molecule has 0 aliphatic rings. The number of sulfonamides is 1. The third-order valence-electron chi connectivity index (χ3n) is 3.89. The van der Waals surface area contributed by atoms with Gasteiger partial charge in [0.05, 0.1) is 30.5 Å². The molecule has 3 rings (SSSR count). The zero-order chi connectivity index (χ0) is 20.0. The standard InChI is InChI=1S/C19H19N3O4S2/c1-15-9-11-27-18(15)12-20-21-19(23)14-22(13-16-6-5-10-26-16)28(24,25)17-7-3-2-4-8-17/h2-12H,13-14H2,1H3,(H,21,23)/b20-12-. The zero-order valence-corrected chi connectivity index (χ0v) is 16.7. The number of hydrogen-bond donors (Lipinski definition) is 1. The Bertz CT molecular complexity index is 1040. The smallest absolute Gasteiger partial charge is 0.255 e. The first-order valence-corrected chi connectivity index (χ1v) is 10.7. The third kappa shape index (κ3) is 4.94. The molecule has 0 aliphatic carbocycles. The lowest BCUT2D eigenvalue weighted by molar-refractivity contribution is -0.121. The van der Waals surface area contributed by atoms with Gasteiger partial charge in [-0.25, -0.2) is 13.8 Å². The Labute approximate surface area is 167 Å². The molecule has 28 heavy (non-hydrogen) atoms. The van der Waals surface area contributed by atoms with Crippen molar-refractivity contribution < 1.29 is 17.6 Å². The number of nitrogens with one attached hydrogen (secondary N) is 1. The molecule has 2 heterocycles. The summed E-state index contributed by atoms with van der Waals surface area (Å²) in [6.07, 6.45) is 3.00. The van der Waals surface area contributed by atoms with E-state index in [9.17, 15) is 13.2 Å². The van der Waals surface area contributed by atoms with Gasteiger partial charge in [-0.3, -0.25) is 4.79 Å². The molecule has 0 aliphatic heterocycles. The largest absolute Gasteiger partial charge is 0.468 e. The van der Waals surface area contributed by atoms with Crippen LogP contribution < -0.4 is 5.43 Å². The molecule has 146 valence electrons.